The molecule has 3 aromatic carbocycles. The van der Waals surface area contributed by atoms with Gasteiger partial charge in [-0.05, 0) is 85.8 Å². The third-order valence-electron chi connectivity index (χ3n) is 7.97. The number of unbranched alkanes of at least 4 members (excludes halogenated alkanes) is 9. The first-order valence-corrected chi connectivity index (χ1v) is 22.9. The first-order valence-electron chi connectivity index (χ1n) is 19.4. The molecule has 0 saturated carbocycles. The molecule has 55 heavy (non-hydrogen) atoms. The molecule has 3 aromatic rings. The van der Waals surface area contributed by atoms with Crippen LogP contribution in [-0.2, 0) is 0 Å². The molecule has 0 spiro atoms. The summed E-state index contributed by atoms with van der Waals surface area (Å²) in [5.74, 6) is 4.57. The quantitative estimate of drug-likeness (QED) is 0.0312. The monoisotopic (exact) mass is 823 g/mol. The highest BCUT2D eigenvalue weighted by Crippen LogP contribution is 2.26. The molecular weight excluding hydrogens is 761 g/mol. The van der Waals surface area contributed by atoms with Gasteiger partial charge in [0.05, 0.1) is 33.5 Å². The zero-order chi connectivity index (χ0) is 40.7. The third kappa shape index (κ3) is 26.3. The summed E-state index contributed by atoms with van der Waals surface area (Å²) in [5.41, 5.74) is 4.27. The van der Waals surface area contributed by atoms with Crippen molar-refractivity contribution in [3.63, 3.8) is 0 Å². The van der Waals surface area contributed by atoms with Gasteiger partial charge in [0.1, 0.15) is 11.6 Å². The Balaban J connectivity index is 0.000000416. The summed E-state index contributed by atoms with van der Waals surface area (Å²) in [4.78, 5) is 20.3. The number of nitrogens with zero attached hydrogens (tertiary/aromatic N) is 2. The highest BCUT2D eigenvalue weighted by Gasteiger charge is 2.16. The van der Waals surface area contributed by atoms with Crippen LogP contribution >= 0.6 is 35.3 Å². The molecule has 3 N–H and O–H groups in total. The van der Waals surface area contributed by atoms with Crippen molar-refractivity contribution in [3.8, 4) is 0 Å². The van der Waals surface area contributed by atoms with E-state index in [0.29, 0.717) is 23.1 Å². The molecule has 0 atom stereocenters. The van der Waals surface area contributed by atoms with Crippen molar-refractivity contribution in [2.75, 3.05) is 50.8 Å². The van der Waals surface area contributed by atoms with Crippen LogP contribution < -0.4 is 16.0 Å². The molecule has 0 aliphatic rings. The van der Waals surface area contributed by atoms with Gasteiger partial charge >= 0.3 is 0 Å². The van der Waals surface area contributed by atoms with E-state index in [2.05, 4.69) is 68.8 Å². The molecular formula is C41H63F2N5O4S3. The summed E-state index contributed by atoms with van der Waals surface area (Å²) in [6, 6.07) is 13.7. The number of nitro benzene ring substituents is 2. The fourth-order valence-corrected chi connectivity index (χ4v) is 7.62. The molecule has 9 nitrogen and oxygen atoms in total. The minimum absolute atomic E-state index is 0.278. The van der Waals surface area contributed by atoms with E-state index in [0.717, 1.165) is 35.9 Å². The lowest BCUT2D eigenvalue weighted by Gasteiger charge is -2.08. The van der Waals surface area contributed by atoms with E-state index in [4.69, 9.17) is 0 Å². The van der Waals surface area contributed by atoms with Crippen molar-refractivity contribution in [2.24, 2.45) is 0 Å². The van der Waals surface area contributed by atoms with E-state index in [1.54, 1.807) is 23.5 Å². The number of benzene rings is 3. The van der Waals surface area contributed by atoms with Gasteiger partial charge in [-0.3, -0.25) is 20.2 Å². The Morgan fingerprint density at radius 2 is 0.836 bits per heavy atom. The van der Waals surface area contributed by atoms with Gasteiger partial charge in [0.15, 0.2) is 0 Å². The molecule has 0 aromatic heterocycles. The molecule has 0 fully saturated rings. The maximum Gasteiger partial charge on any atom is 0.278 e. The third-order valence-corrected chi connectivity index (χ3v) is 10.7. The molecule has 0 saturated heterocycles. The molecule has 0 bridgehead atoms. The second-order valence-electron chi connectivity index (χ2n) is 13.2. The Kier molecular flexibility index (Phi) is 28.9. The number of hydrogen-bond donors (Lipinski definition) is 3. The van der Waals surface area contributed by atoms with E-state index in [-0.39, 0.29) is 11.4 Å². The summed E-state index contributed by atoms with van der Waals surface area (Å²) in [6.07, 6.45) is 15.2. The van der Waals surface area contributed by atoms with Crippen LogP contribution in [0, 0.1) is 45.7 Å². The van der Waals surface area contributed by atoms with Crippen molar-refractivity contribution < 1.29 is 18.6 Å². The Morgan fingerprint density at radius 1 is 0.491 bits per heavy atom. The zero-order valence-electron chi connectivity index (χ0n) is 33.4. The smallest absolute Gasteiger partial charge is 0.278 e. The van der Waals surface area contributed by atoms with Gasteiger partial charge in [0, 0.05) is 35.3 Å². The van der Waals surface area contributed by atoms with Crippen molar-refractivity contribution in [1.82, 2.24) is 0 Å². The number of rotatable bonds is 26. The summed E-state index contributed by atoms with van der Waals surface area (Å²) in [5, 5.41) is 31.0. The molecule has 0 heterocycles. The number of anilines is 3. The Labute approximate surface area is 341 Å². The average molecular weight is 824 g/mol. The molecule has 0 amide bonds. The fraction of sp³-hybridized carbons (Fsp3) is 0.561. The van der Waals surface area contributed by atoms with Gasteiger partial charge in [0.25, 0.3) is 11.4 Å². The van der Waals surface area contributed by atoms with Crippen LogP contribution in [0.25, 0.3) is 0 Å². The molecule has 0 unspecified atom stereocenters. The Morgan fingerprint density at radius 3 is 1.18 bits per heavy atom. The second-order valence-corrected chi connectivity index (χ2v) is 16.5. The molecule has 308 valence electrons. The van der Waals surface area contributed by atoms with Crippen molar-refractivity contribution >= 4 is 63.7 Å². The largest absolute Gasteiger partial charge is 0.376 e. The highest BCUT2D eigenvalue weighted by atomic mass is 32.2. The van der Waals surface area contributed by atoms with Crippen LogP contribution in [0.5, 0.6) is 0 Å². The van der Waals surface area contributed by atoms with E-state index in [1.807, 2.05) is 11.8 Å². The summed E-state index contributed by atoms with van der Waals surface area (Å²) < 4.78 is 25.7. The first kappa shape index (κ1) is 49.8. The number of non-ortho nitro benzene ring substituents is 2. The lowest BCUT2D eigenvalue weighted by molar-refractivity contribution is -0.394. The summed E-state index contributed by atoms with van der Waals surface area (Å²) in [6.45, 7) is 10.9. The van der Waals surface area contributed by atoms with Crippen molar-refractivity contribution in [2.45, 2.75) is 112 Å². The topological polar surface area (TPSA) is 122 Å². The normalized spacial score (nSPS) is 10.5. The van der Waals surface area contributed by atoms with Gasteiger partial charge in [0.2, 0.25) is 0 Å². The molecule has 0 aliphatic carbocycles. The first-order chi connectivity index (χ1) is 26.5. The van der Waals surface area contributed by atoms with E-state index >= 15 is 0 Å². The fourth-order valence-electron chi connectivity index (χ4n) is 5.15. The minimum atomic E-state index is -0.629. The van der Waals surface area contributed by atoms with Crippen molar-refractivity contribution in [3.05, 3.63) is 97.6 Å². The van der Waals surface area contributed by atoms with Gasteiger partial charge in [-0.15, -0.1) is 35.3 Å². The number of hydrogen-bond acceptors (Lipinski definition) is 10. The molecule has 0 aliphatic heterocycles. The van der Waals surface area contributed by atoms with Crippen LogP contribution in [0.3, 0.4) is 0 Å². The van der Waals surface area contributed by atoms with Gasteiger partial charge in [-0.2, -0.15) is 0 Å². The van der Waals surface area contributed by atoms with Crippen LogP contribution in [0.2, 0.25) is 0 Å². The van der Waals surface area contributed by atoms with E-state index in [1.165, 1.54) is 117 Å². The van der Waals surface area contributed by atoms with Gasteiger partial charge in [-0.25, -0.2) is 8.78 Å². The zero-order valence-corrected chi connectivity index (χ0v) is 35.9. The average Bonchev–Trinajstić information content (AvgIpc) is 3.13. The van der Waals surface area contributed by atoms with Crippen molar-refractivity contribution in [1.29, 1.82) is 0 Å². The van der Waals surface area contributed by atoms with E-state index < -0.39 is 21.5 Å². The number of thioether (sulfide) groups is 3. The predicted octanol–water partition coefficient (Wildman–Crippen LogP) is 13.8. The standard InChI is InChI=1S/C15H25NS.C13H19F2NS.C13H19N3O4S/c1-4-5-6-7-8-17-12-16-15-10-13(2)9-14(3)11-15;1-2-3-4-5-6-17-10-16-13-8-11(14)7-12(15)9-13;1-2-3-4-5-6-21-10-14-11-7-12(15(17)18)9-13(8-11)16(19)20/h9-11,16H,4-8,12H2,1-3H3;7-9,16H,2-6,10H2,1H3;7-9,14H,2-6,10H2,1H3. The minimum Gasteiger partial charge on any atom is -0.376 e. The number of nitro groups is 2. The lowest BCUT2D eigenvalue weighted by atomic mass is 10.1. The second kappa shape index (κ2) is 31.9. The van der Waals surface area contributed by atoms with Crippen LogP contribution in [0.4, 0.5) is 37.2 Å². The van der Waals surface area contributed by atoms with Crippen LogP contribution in [0.1, 0.15) is 109 Å². The molecule has 14 heteroatoms. The van der Waals surface area contributed by atoms with Crippen LogP contribution in [-0.4, -0.2) is 44.7 Å². The molecule has 0 radical (unpaired) electrons. The SMILES string of the molecule is CCCCCCSCNc1cc(C)cc(C)c1.CCCCCCSCNc1cc(F)cc(F)c1.CCCCCCSCNc1cc([N+](=O)[O-])cc([N+](=O)[O-])c1. The maximum atomic E-state index is 12.9. The van der Waals surface area contributed by atoms with Gasteiger partial charge in [-0.1, -0.05) is 84.6 Å². The highest BCUT2D eigenvalue weighted by molar-refractivity contribution is 7.99. The maximum absolute atomic E-state index is 12.9. The Hall–Kier alpha value is -3.23. The number of halogens is 2. The van der Waals surface area contributed by atoms with E-state index in [9.17, 15) is 29.0 Å². The van der Waals surface area contributed by atoms with Gasteiger partial charge < -0.3 is 16.0 Å². The number of aryl methyl sites for hydroxylation is 2. The predicted molar refractivity (Wildman–Crippen MR) is 237 cm³/mol. The lowest BCUT2D eigenvalue weighted by Crippen LogP contribution is -2.01. The molecule has 3 rings (SSSR count). The van der Waals surface area contributed by atoms with Crippen LogP contribution in [0.15, 0.2) is 54.6 Å². The summed E-state index contributed by atoms with van der Waals surface area (Å²) in [7, 11) is 0. The summed E-state index contributed by atoms with van der Waals surface area (Å²) >= 11 is 5.43. The number of nitrogens with one attached hydrogen (secondary N) is 3. The Bertz CT molecular complexity index is 1370.